The van der Waals surface area contributed by atoms with Gasteiger partial charge in [0.25, 0.3) is 11.8 Å². The number of aromatic nitrogens is 2. The van der Waals surface area contributed by atoms with E-state index in [1.54, 1.807) is 11.8 Å². The van der Waals surface area contributed by atoms with Crippen LogP contribution >= 0.6 is 0 Å². The van der Waals surface area contributed by atoms with Crippen molar-refractivity contribution in [2.24, 2.45) is 0 Å². The number of nitrogens with one attached hydrogen (secondary N) is 2. The molecule has 0 unspecified atom stereocenters. The number of rotatable bonds is 3. The van der Waals surface area contributed by atoms with Crippen LogP contribution < -0.4 is 5.32 Å². The number of ether oxygens (including phenoxy) is 1. The van der Waals surface area contributed by atoms with Crippen molar-refractivity contribution in [1.82, 2.24) is 20.2 Å². The van der Waals surface area contributed by atoms with Gasteiger partial charge in [0.05, 0.1) is 18.9 Å². The molecular weight excluding hydrogens is 348 g/mol. The van der Waals surface area contributed by atoms with Crippen molar-refractivity contribution in [2.75, 3.05) is 13.2 Å². The first-order valence-corrected chi connectivity index (χ1v) is 9.33. The van der Waals surface area contributed by atoms with E-state index in [9.17, 15) is 9.59 Å². The third kappa shape index (κ3) is 3.49. The number of piperidine rings is 1. The summed E-state index contributed by atoms with van der Waals surface area (Å²) in [4.78, 5) is 34.4. The summed E-state index contributed by atoms with van der Waals surface area (Å²) in [7, 11) is 0. The van der Waals surface area contributed by atoms with Gasteiger partial charge in [-0.2, -0.15) is 0 Å². The van der Waals surface area contributed by atoms with Crippen LogP contribution in [0.2, 0.25) is 0 Å². The van der Waals surface area contributed by atoms with Crippen molar-refractivity contribution in [3.63, 3.8) is 0 Å². The van der Waals surface area contributed by atoms with Crippen LogP contribution in [0.25, 0.3) is 0 Å². The van der Waals surface area contributed by atoms with Gasteiger partial charge in [0.1, 0.15) is 5.69 Å². The molecule has 2 N–H and O–H groups in total. The average Bonchev–Trinajstić information content (AvgIpc) is 3.28. The van der Waals surface area contributed by atoms with E-state index in [0.29, 0.717) is 31.1 Å². The summed E-state index contributed by atoms with van der Waals surface area (Å²) in [5.74, 6) is -0.0537. The van der Waals surface area contributed by atoms with E-state index >= 15 is 0 Å². The Balaban J connectivity index is 1.43. The number of hydrogen-bond acceptors (Lipinski definition) is 5. The van der Waals surface area contributed by atoms with Crippen molar-refractivity contribution in [3.8, 4) is 0 Å². The predicted octanol–water partition coefficient (Wildman–Crippen LogP) is 1.81. The van der Waals surface area contributed by atoms with Crippen LogP contribution in [0.1, 0.15) is 57.8 Å². The van der Waals surface area contributed by atoms with Gasteiger partial charge in [0.2, 0.25) is 5.76 Å². The Morgan fingerprint density at radius 2 is 2.22 bits per heavy atom. The highest BCUT2D eigenvalue weighted by Gasteiger charge is 2.33. The van der Waals surface area contributed by atoms with Crippen LogP contribution in [0, 0.1) is 6.92 Å². The smallest absolute Gasteiger partial charge is 0.291 e. The molecule has 1 fully saturated rings. The fourth-order valence-electron chi connectivity index (χ4n) is 3.78. The summed E-state index contributed by atoms with van der Waals surface area (Å²) in [5.41, 5.74) is 3.24. The third-order valence-electron chi connectivity index (χ3n) is 5.41. The zero-order chi connectivity index (χ0) is 19.0. The molecule has 144 valence electrons. The minimum atomic E-state index is -0.177. The monoisotopic (exact) mass is 372 g/mol. The highest BCUT2D eigenvalue weighted by molar-refractivity contribution is 5.94. The summed E-state index contributed by atoms with van der Waals surface area (Å²) in [6.45, 7) is 5.43. The molecule has 0 aliphatic carbocycles. The van der Waals surface area contributed by atoms with E-state index in [4.69, 9.17) is 9.15 Å². The highest BCUT2D eigenvalue weighted by Crippen LogP contribution is 2.22. The lowest BCUT2D eigenvalue weighted by Crippen LogP contribution is -2.53. The summed E-state index contributed by atoms with van der Waals surface area (Å²) in [6, 6.07) is 1.85. The first kappa shape index (κ1) is 17.8. The Hall–Kier alpha value is -2.61. The van der Waals surface area contributed by atoms with E-state index in [0.717, 1.165) is 30.5 Å². The second-order valence-corrected chi connectivity index (χ2v) is 7.31. The Bertz CT molecular complexity index is 832. The van der Waals surface area contributed by atoms with Crippen molar-refractivity contribution >= 4 is 11.8 Å². The number of aryl methyl sites for hydroxylation is 1. The van der Waals surface area contributed by atoms with Gasteiger partial charge in [0.15, 0.2) is 6.39 Å². The summed E-state index contributed by atoms with van der Waals surface area (Å²) < 4.78 is 10.7. The molecule has 0 spiro atoms. The SMILES string of the molecule is Cc1ncoc1C(=O)N1C[C@H](NC(=O)c2cc3c([nH]2)CCOC3)CC[C@H]1C. The minimum absolute atomic E-state index is 0.0881. The number of carbonyl (C=O) groups excluding carboxylic acids is 2. The van der Waals surface area contributed by atoms with Gasteiger partial charge in [0, 0.05) is 30.7 Å². The molecule has 8 nitrogen and oxygen atoms in total. The maximum absolute atomic E-state index is 12.8. The number of nitrogens with zero attached hydrogens (tertiary/aromatic N) is 2. The first-order chi connectivity index (χ1) is 13.0. The molecule has 4 heterocycles. The van der Waals surface area contributed by atoms with E-state index in [1.165, 1.54) is 6.39 Å². The number of fused-ring (bicyclic) bond motifs is 1. The number of carbonyl (C=O) groups is 2. The number of H-pyrrole nitrogens is 1. The summed E-state index contributed by atoms with van der Waals surface area (Å²) in [6.07, 6.45) is 3.73. The van der Waals surface area contributed by atoms with Crippen molar-refractivity contribution < 1.29 is 18.7 Å². The van der Waals surface area contributed by atoms with Crippen molar-refractivity contribution in [2.45, 2.75) is 51.8 Å². The van der Waals surface area contributed by atoms with Crippen LogP contribution in [0.3, 0.4) is 0 Å². The molecule has 2 atom stereocenters. The molecule has 2 aromatic heterocycles. The van der Waals surface area contributed by atoms with E-state index < -0.39 is 0 Å². The molecule has 0 aromatic carbocycles. The minimum Gasteiger partial charge on any atom is -0.438 e. The van der Waals surface area contributed by atoms with Gasteiger partial charge < -0.3 is 24.4 Å². The van der Waals surface area contributed by atoms with Crippen LogP contribution in [0.4, 0.5) is 0 Å². The zero-order valence-corrected chi connectivity index (χ0v) is 15.6. The molecule has 4 rings (SSSR count). The topological polar surface area (TPSA) is 100 Å². The van der Waals surface area contributed by atoms with Crippen LogP contribution in [-0.2, 0) is 17.8 Å². The standard InChI is InChI=1S/C19H24N4O4/c1-11-3-4-14(8-23(11)19(25)17-12(2)20-10-27-17)21-18(24)16-7-13-9-26-6-5-15(13)22-16/h7,10-11,14,22H,3-6,8-9H2,1-2H3,(H,21,24)/t11-,14-/m1/s1. The molecule has 2 amide bonds. The van der Waals surface area contributed by atoms with E-state index in [2.05, 4.69) is 15.3 Å². The normalized spacial score (nSPS) is 22.4. The second kappa shape index (κ2) is 7.19. The maximum Gasteiger partial charge on any atom is 0.291 e. The lowest BCUT2D eigenvalue weighted by atomic mass is 9.98. The zero-order valence-electron chi connectivity index (χ0n) is 15.6. The van der Waals surface area contributed by atoms with Gasteiger partial charge in [-0.15, -0.1) is 0 Å². The third-order valence-corrected chi connectivity index (χ3v) is 5.41. The Labute approximate surface area is 157 Å². The Kier molecular flexibility index (Phi) is 4.73. The highest BCUT2D eigenvalue weighted by atomic mass is 16.5. The quantitative estimate of drug-likeness (QED) is 0.856. The molecule has 0 bridgehead atoms. The molecule has 2 aromatic rings. The lowest BCUT2D eigenvalue weighted by molar-refractivity contribution is 0.0545. The number of aromatic amines is 1. The Morgan fingerprint density at radius 3 is 2.96 bits per heavy atom. The van der Waals surface area contributed by atoms with E-state index in [1.807, 2.05) is 13.0 Å². The number of likely N-dealkylation sites (tertiary alicyclic amines) is 1. The fraction of sp³-hybridized carbons (Fsp3) is 0.526. The van der Waals surface area contributed by atoms with Gasteiger partial charge in [-0.25, -0.2) is 4.98 Å². The molecule has 0 saturated carbocycles. The summed E-state index contributed by atoms with van der Waals surface area (Å²) >= 11 is 0. The fourth-order valence-corrected chi connectivity index (χ4v) is 3.78. The largest absolute Gasteiger partial charge is 0.438 e. The van der Waals surface area contributed by atoms with Crippen molar-refractivity contribution in [1.29, 1.82) is 0 Å². The number of oxazole rings is 1. The number of hydrogen-bond donors (Lipinski definition) is 2. The number of amides is 2. The molecule has 8 heteroatoms. The average molecular weight is 372 g/mol. The van der Waals surface area contributed by atoms with Crippen LogP contribution in [-0.4, -0.2) is 51.9 Å². The maximum atomic E-state index is 12.8. The molecular formula is C19H24N4O4. The first-order valence-electron chi connectivity index (χ1n) is 9.33. The molecule has 2 aliphatic heterocycles. The van der Waals surface area contributed by atoms with Gasteiger partial charge in [-0.3, -0.25) is 9.59 Å². The molecule has 27 heavy (non-hydrogen) atoms. The summed E-state index contributed by atoms with van der Waals surface area (Å²) in [5, 5.41) is 3.06. The van der Waals surface area contributed by atoms with Gasteiger partial charge in [-0.1, -0.05) is 0 Å². The van der Waals surface area contributed by atoms with Crippen LogP contribution in [0.15, 0.2) is 16.9 Å². The van der Waals surface area contributed by atoms with Crippen molar-refractivity contribution in [3.05, 3.63) is 40.9 Å². The molecule has 0 radical (unpaired) electrons. The Morgan fingerprint density at radius 1 is 1.37 bits per heavy atom. The van der Waals surface area contributed by atoms with Gasteiger partial charge >= 0.3 is 0 Å². The lowest BCUT2D eigenvalue weighted by Gasteiger charge is -2.37. The van der Waals surface area contributed by atoms with Crippen LogP contribution in [0.5, 0.6) is 0 Å². The predicted molar refractivity (Wildman–Crippen MR) is 96.4 cm³/mol. The molecule has 1 saturated heterocycles. The van der Waals surface area contributed by atoms with Gasteiger partial charge in [-0.05, 0) is 38.3 Å². The van der Waals surface area contributed by atoms with E-state index in [-0.39, 0.29) is 29.7 Å². The molecule has 2 aliphatic rings. The second-order valence-electron chi connectivity index (χ2n) is 7.31.